The van der Waals surface area contributed by atoms with Crippen LogP contribution >= 0.6 is 0 Å². The van der Waals surface area contributed by atoms with E-state index in [4.69, 9.17) is 0 Å². The van der Waals surface area contributed by atoms with Crippen molar-refractivity contribution in [3.8, 4) is 0 Å². The number of amides is 2. The molecular formula is C23H37N3O2. The molecule has 0 spiro atoms. The second-order valence-electron chi connectivity index (χ2n) is 8.41. The van der Waals surface area contributed by atoms with Gasteiger partial charge in [0.05, 0.1) is 0 Å². The molecule has 0 saturated heterocycles. The average Bonchev–Trinajstić information content (AvgIpc) is 2.93. The van der Waals surface area contributed by atoms with Gasteiger partial charge in [0.15, 0.2) is 0 Å². The molecular weight excluding hydrogens is 350 g/mol. The summed E-state index contributed by atoms with van der Waals surface area (Å²) in [5.41, 5.74) is 1.79. The fourth-order valence-electron chi connectivity index (χ4n) is 3.74. The van der Waals surface area contributed by atoms with E-state index < -0.39 is 5.41 Å². The third-order valence-electron chi connectivity index (χ3n) is 5.91. The predicted molar refractivity (Wildman–Crippen MR) is 117 cm³/mol. The van der Waals surface area contributed by atoms with Gasteiger partial charge in [0.25, 0.3) is 0 Å². The SMILES string of the molecule is CCN(CC)c1ccc(NC(=O)C(C)(C)C(=O)NC2CCCCCC2)c(C)c1. The lowest BCUT2D eigenvalue weighted by molar-refractivity contribution is -0.138. The van der Waals surface area contributed by atoms with Crippen LogP contribution in [0.3, 0.4) is 0 Å². The zero-order valence-corrected chi connectivity index (χ0v) is 18.2. The van der Waals surface area contributed by atoms with Gasteiger partial charge in [-0.25, -0.2) is 0 Å². The molecule has 2 rings (SSSR count). The summed E-state index contributed by atoms with van der Waals surface area (Å²) in [5.74, 6) is -0.452. The number of rotatable bonds is 7. The molecule has 0 atom stereocenters. The first-order valence-corrected chi connectivity index (χ1v) is 10.8. The van der Waals surface area contributed by atoms with E-state index in [9.17, 15) is 9.59 Å². The van der Waals surface area contributed by atoms with Crippen LogP contribution in [0.25, 0.3) is 0 Å². The highest BCUT2D eigenvalue weighted by atomic mass is 16.2. The van der Waals surface area contributed by atoms with Crippen molar-refractivity contribution in [2.75, 3.05) is 23.3 Å². The summed E-state index contributed by atoms with van der Waals surface area (Å²) in [7, 11) is 0. The van der Waals surface area contributed by atoms with E-state index in [1.165, 1.54) is 12.8 Å². The lowest BCUT2D eigenvalue weighted by atomic mass is 9.90. The Hall–Kier alpha value is -2.04. The van der Waals surface area contributed by atoms with Crippen LogP contribution < -0.4 is 15.5 Å². The Morgan fingerprint density at radius 1 is 1.04 bits per heavy atom. The van der Waals surface area contributed by atoms with Gasteiger partial charge >= 0.3 is 0 Å². The Labute approximate surface area is 170 Å². The van der Waals surface area contributed by atoms with E-state index in [1.54, 1.807) is 13.8 Å². The maximum atomic E-state index is 12.9. The molecule has 0 bridgehead atoms. The molecule has 1 fully saturated rings. The van der Waals surface area contributed by atoms with Crippen molar-refractivity contribution in [3.63, 3.8) is 0 Å². The lowest BCUT2D eigenvalue weighted by Crippen LogP contribution is -2.48. The van der Waals surface area contributed by atoms with E-state index in [-0.39, 0.29) is 17.9 Å². The predicted octanol–water partition coefficient (Wildman–Crippen LogP) is 4.64. The zero-order valence-electron chi connectivity index (χ0n) is 18.2. The van der Waals surface area contributed by atoms with Crippen LogP contribution in [0.4, 0.5) is 11.4 Å². The van der Waals surface area contributed by atoms with Crippen LogP contribution in [0, 0.1) is 12.3 Å². The van der Waals surface area contributed by atoms with Crippen molar-refractivity contribution in [1.29, 1.82) is 0 Å². The topological polar surface area (TPSA) is 61.4 Å². The highest BCUT2D eigenvalue weighted by Crippen LogP contribution is 2.26. The average molecular weight is 388 g/mol. The minimum absolute atomic E-state index is 0.186. The fourth-order valence-corrected chi connectivity index (χ4v) is 3.74. The third kappa shape index (κ3) is 5.49. The maximum Gasteiger partial charge on any atom is 0.239 e. The van der Waals surface area contributed by atoms with Gasteiger partial charge in [0, 0.05) is 30.5 Å². The van der Waals surface area contributed by atoms with Crippen molar-refractivity contribution in [2.24, 2.45) is 5.41 Å². The Bertz CT molecular complexity index is 672. The number of carbonyl (C=O) groups excluding carboxylic acids is 2. The number of carbonyl (C=O) groups is 2. The van der Waals surface area contributed by atoms with Gasteiger partial charge in [-0.3, -0.25) is 9.59 Å². The summed E-state index contributed by atoms with van der Waals surface area (Å²) in [6.45, 7) is 11.5. The standard InChI is InChI=1S/C23H37N3O2/c1-6-26(7-2)19-14-15-20(17(3)16-19)25-22(28)23(4,5)21(27)24-18-12-10-8-9-11-13-18/h14-16,18H,6-13H2,1-5H3,(H,24,27)(H,25,28). The lowest BCUT2D eigenvalue weighted by Gasteiger charge is -2.27. The van der Waals surface area contributed by atoms with Crippen LogP contribution in [0.5, 0.6) is 0 Å². The largest absolute Gasteiger partial charge is 0.372 e. The van der Waals surface area contributed by atoms with Gasteiger partial charge in [0.2, 0.25) is 11.8 Å². The molecule has 0 aliphatic heterocycles. The van der Waals surface area contributed by atoms with E-state index >= 15 is 0 Å². The van der Waals surface area contributed by atoms with Gasteiger partial charge in [0.1, 0.15) is 5.41 Å². The number of benzene rings is 1. The van der Waals surface area contributed by atoms with Gasteiger partial charge in [-0.1, -0.05) is 25.7 Å². The number of hydrogen-bond donors (Lipinski definition) is 2. The van der Waals surface area contributed by atoms with E-state index in [2.05, 4.69) is 35.4 Å². The summed E-state index contributed by atoms with van der Waals surface area (Å²) >= 11 is 0. The molecule has 156 valence electrons. The second-order valence-corrected chi connectivity index (χ2v) is 8.41. The normalized spacial score (nSPS) is 15.6. The Balaban J connectivity index is 2.04. The summed E-state index contributed by atoms with van der Waals surface area (Å²) < 4.78 is 0. The van der Waals surface area contributed by atoms with Crippen molar-refractivity contribution >= 4 is 23.2 Å². The van der Waals surface area contributed by atoms with E-state index in [0.717, 1.165) is 55.7 Å². The molecule has 28 heavy (non-hydrogen) atoms. The molecule has 1 aromatic carbocycles. The van der Waals surface area contributed by atoms with Crippen LogP contribution in [-0.4, -0.2) is 30.9 Å². The molecule has 5 nitrogen and oxygen atoms in total. The van der Waals surface area contributed by atoms with Gasteiger partial charge < -0.3 is 15.5 Å². The zero-order chi connectivity index (χ0) is 20.7. The van der Waals surface area contributed by atoms with Gasteiger partial charge in [-0.15, -0.1) is 0 Å². The summed E-state index contributed by atoms with van der Waals surface area (Å²) in [4.78, 5) is 28.0. The molecule has 1 aliphatic rings. The monoisotopic (exact) mass is 387 g/mol. The highest BCUT2D eigenvalue weighted by Gasteiger charge is 2.37. The maximum absolute atomic E-state index is 12.9. The smallest absolute Gasteiger partial charge is 0.239 e. The number of nitrogens with zero attached hydrogens (tertiary/aromatic N) is 1. The van der Waals surface area contributed by atoms with Gasteiger partial charge in [-0.05, 0) is 71.2 Å². The van der Waals surface area contributed by atoms with Gasteiger partial charge in [-0.2, -0.15) is 0 Å². The van der Waals surface area contributed by atoms with Crippen molar-refractivity contribution < 1.29 is 9.59 Å². The summed E-state index contributed by atoms with van der Waals surface area (Å²) in [5, 5.41) is 6.08. The van der Waals surface area contributed by atoms with Crippen LogP contribution in [0.2, 0.25) is 0 Å². The molecule has 5 heteroatoms. The number of aryl methyl sites for hydroxylation is 1. The molecule has 0 heterocycles. The third-order valence-corrected chi connectivity index (χ3v) is 5.91. The first-order valence-electron chi connectivity index (χ1n) is 10.8. The molecule has 1 aliphatic carbocycles. The molecule has 0 unspecified atom stereocenters. The van der Waals surface area contributed by atoms with Crippen LogP contribution in [-0.2, 0) is 9.59 Å². The van der Waals surface area contributed by atoms with Crippen molar-refractivity contribution in [3.05, 3.63) is 23.8 Å². The molecule has 2 N–H and O–H groups in total. The Morgan fingerprint density at radius 3 is 2.18 bits per heavy atom. The van der Waals surface area contributed by atoms with E-state index in [1.807, 2.05) is 19.1 Å². The number of hydrogen-bond acceptors (Lipinski definition) is 3. The molecule has 1 saturated carbocycles. The quantitative estimate of drug-likeness (QED) is 0.529. The second kappa shape index (κ2) is 9.94. The Kier molecular flexibility index (Phi) is 7.90. The Morgan fingerprint density at radius 2 is 1.64 bits per heavy atom. The van der Waals surface area contributed by atoms with E-state index in [0.29, 0.717) is 0 Å². The van der Waals surface area contributed by atoms with Crippen LogP contribution in [0.15, 0.2) is 18.2 Å². The first-order chi connectivity index (χ1) is 13.3. The summed E-state index contributed by atoms with van der Waals surface area (Å²) in [6, 6.07) is 6.23. The summed E-state index contributed by atoms with van der Waals surface area (Å²) in [6.07, 6.45) is 6.79. The number of anilines is 2. The minimum Gasteiger partial charge on any atom is -0.372 e. The molecule has 1 aromatic rings. The molecule has 0 aromatic heterocycles. The minimum atomic E-state index is -1.11. The molecule has 2 amide bonds. The fraction of sp³-hybridized carbons (Fsp3) is 0.652. The number of nitrogens with one attached hydrogen (secondary N) is 2. The highest BCUT2D eigenvalue weighted by molar-refractivity contribution is 6.10. The first kappa shape index (κ1) is 22.3. The molecule has 0 radical (unpaired) electrons. The van der Waals surface area contributed by atoms with Crippen molar-refractivity contribution in [2.45, 2.75) is 79.2 Å². The van der Waals surface area contributed by atoms with Crippen molar-refractivity contribution in [1.82, 2.24) is 5.32 Å². The van der Waals surface area contributed by atoms with Crippen LogP contribution in [0.1, 0.15) is 71.8 Å².